The number of carbonyl (C=O) groups is 1. The Bertz CT molecular complexity index is 377. The molecule has 0 spiro atoms. The smallest absolute Gasteiger partial charge is 0.246 e. The maximum atomic E-state index is 11.7. The molecule has 0 atom stereocenters. The van der Waals surface area contributed by atoms with Gasteiger partial charge in [0.1, 0.15) is 6.61 Å². The van der Waals surface area contributed by atoms with E-state index in [9.17, 15) is 13.2 Å². The molecule has 1 heterocycles. The lowest BCUT2D eigenvalue weighted by Gasteiger charge is -2.31. The zero-order valence-electron chi connectivity index (χ0n) is 11.3. The van der Waals surface area contributed by atoms with Crippen LogP contribution in [0.15, 0.2) is 0 Å². The summed E-state index contributed by atoms with van der Waals surface area (Å²) in [7, 11) is -3.11. The van der Waals surface area contributed by atoms with Gasteiger partial charge in [0.2, 0.25) is 15.9 Å². The molecule has 1 fully saturated rings. The summed E-state index contributed by atoms with van der Waals surface area (Å²) in [5.41, 5.74) is 5.25. The highest BCUT2D eigenvalue weighted by atomic mass is 32.2. The zero-order chi connectivity index (χ0) is 14.3. The van der Waals surface area contributed by atoms with Gasteiger partial charge in [0, 0.05) is 25.7 Å². The van der Waals surface area contributed by atoms with Gasteiger partial charge in [-0.3, -0.25) is 4.79 Å². The van der Waals surface area contributed by atoms with Gasteiger partial charge in [-0.2, -0.15) is 0 Å². The highest BCUT2D eigenvalue weighted by Crippen LogP contribution is 2.14. The summed E-state index contributed by atoms with van der Waals surface area (Å²) in [6.45, 7) is 3.32. The van der Waals surface area contributed by atoms with Crippen molar-refractivity contribution in [2.75, 3.05) is 38.6 Å². The number of nitrogens with two attached hydrogens (primary N) is 1. The van der Waals surface area contributed by atoms with Crippen LogP contribution in [0.4, 0.5) is 0 Å². The standard InChI is InChI=1S/C11H23N3O4S/c1-2-19(16,17)14-6-3-10(4-7-14)13-11(15)9-18-8-5-12/h10H,2-9,12H2,1H3,(H,13,15). The first kappa shape index (κ1) is 16.4. The van der Waals surface area contributed by atoms with Crippen molar-refractivity contribution < 1.29 is 17.9 Å². The number of ether oxygens (including phenoxy) is 1. The Morgan fingerprint density at radius 2 is 2.05 bits per heavy atom. The van der Waals surface area contributed by atoms with Gasteiger partial charge in [-0.05, 0) is 19.8 Å². The first-order valence-electron chi connectivity index (χ1n) is 6.54. The van der Waals surface area contributed by atoms with E-state index in [-0.39, 0.29) is 24.3 Å². The molecule has 3 N–H and O–H groups in total. The molecule has 1 amide bonds. The van der Waals surface area contributed by atoms with E-state index in [1.54, 1.807) is 6.92 Å². The monoisotopic (exact) mass is 293 g/mol. The van der Waals surface area contributed by atoms with Crippen molar-refractivity contribution in [2.24, 2.45) is 5.73 Å². The molecular formula is C11H23N3O4S. The maximum Gasteiger partial charge on any atom is 0.246 e. The topological polar surface area (TPSA) is 102 Å². The highest BCUT2D eigenvalue weighted by molar-refractivity contribution is 7.89. The third kappa shape index (κ3) is 5.43. The van der Waals surface area contributed by atoms with Crippen LogP contribution in [0.2, 0.25) is 0 Å². The number of rotatable bonds is 7. The maximum absolute atomic E-state index is 11.7. The van der Waals surface area contributed by atoms with Crippen LogP contribution >= 0.6 is 0 Å². The number of amides is 1. The van der Waals surface area contributed by atoms with Crippen LogP contribution in [0.3, 0.4) is 0 Å². The lowest BCUT2D eigenvalue weighted by Crippen LogP contribution is -2.47. The summed E-state index contributed by atoms with van der Waals surface area (Å²) in [6.07, 6.45) is 1.28. The van der Waals surface area contributed by atoms with Crippen LogP contribution < -0.4 is 11.1 Å². The summed E-state index contributed by atoms with van der Waals surface area (Å²) < 4.78 is 29.9. The van der Waals surface area contributed by atoms with Gasteiger partial charge >= 0.3 is 0 Å². The molecule has 1 aliphatic rings. The first-order valence-corrected chi connectivity index (χ1v) is 8.15. The van der Waals surface area contributed by atoms with Crippen LogP contribution in [0.25, 0.3) is 0 Å². The normalized spacial score (nSPS) is 18.4. The van der Waals surface area contributed by atoms with Crippen LogP contribution in [-0.4, -0.2) is 63.3 Å². The van der Waals surface area contributed by atoms with Gasteiger partial charge in [-0.15, -0.1) is 0 Å². The van der Waals surface area contributed by atoms with E-state index in [0.29, 0.717) is 39.1 Å². The summed E-state index contributed by atoms with van der Waals surface area (Å²) in [6, 6.07) is 0.0253. The van der Waals surface area contributed by atoms with E-state index < -0.39 is 10.0 Å². The summed E-state index contributed by atoms with van der Waals surface area (Å²) in [5, 5.41) is 2.84. The lowest BCUT2D eigenvalue weighted by molar-refractivity contribution is -0.126. The average molecular weight is 293 g/mol. The van der Waals surface area contributed by atoms with E-state index in [1.807, 2.05) is 0 Å². The van der Waals surface area contributed by atoms with Gasteiger partial charge in [-0.25, -0.2) is 12.7 Å². The Morgan fingerprint density at radius 1 is 1.42 bits per heavy atom. The molecule has 8 heteroatoms. The number of hydrogen-bond acceptors (Lipinski definition) is 5. The van der Waals surface area contributed by atoms with Gasteiger partial charge in [0.05, 0.1) is 12.4 Å². The predicted octanol–water partition coefficient (Wildman–Crippen LogP) is -1.11. The summed E-state index contributed by atoms with van der Waals surface area (Å²) in [5.74, 6) is -0.0537. The van der Waals surface area contributed by atoms with E-state index in [4.69, 9.17) is 10.5 Å². The second kappa shape index (κ2) is 7.78. The molecule has 112 valence electrons. The molecule has 0 aliphatic carbocycles. The molecule has 0 radical (unpaired) electrons. The Morgan fingerprint density at radius 3 is 2.58 bits per heavy atom. The van der Waals surface area contributed by atoms with Crippen molar-refractivity contribution in [2.45, 2.75) is 25.8 Å². The van der Waals surface area contributed by atoms with E-state index >= 15 is 0 Å². The molecule has 0 bridgehead atoms. The molecule has 0 unspecified atom stereocenters. The quantitative estimate of drug-likeness (QED) is 0.580. The third-order valence-corrected chi connectivity index (χ3v) is 4.95. The molecule has 1 saturated heterocycles. The predicted molar refractivity (Wildman–Crippen MR) is 72.1 cm³/mol. The van der Waals surface area contributed by atoms with Gasteiger partial charge in [0.25, 0.3) is 0 Å². The van der Waals surface area contributed by atoms with Crippen molar-refractivity contribution in [3.05, 3.63) is 0 Å². The van der Waals surface area contributed by atoms with Crippen molar-refractivity contribution in [3.8, 4) is 0 Å². The van der Waals surface area contributed by atoms with E-state index in [1.165, 1.54) is 4.31 Å². The Kier molecular flexibility index (Phi) is 6.70. The van der Waals surface area contributed by atoms with Crippen LogP contribution in [-0.2, 0) is 19.6 Å². The first-order chi connectivity index (χ1) is 8.99. The van der Waals surface area contributed by atoms with Crippen LogP contribution in [0.5, 0.6) is 0 Å². The molecule has 1 aliphatic heterocycles. The van der Waals surface area contributed by atoms with Crippen molar-refractivity contribution in [3.63, 3.8) is 0 Å². The Labute approximate surface area is 114 Å². The number of carbonyl (C=O) groups excluding carboxylic acids is 1. The van der Waals surface area contributed by atoms with Crippen molar-refractivity contribution in [1.82, 2.24) is 9.62 Å². The molecular weight excluding hydrogens is 270 g/mol. The summed E-state index contributed by atoms with van der Waals surface area (Å²) in [4.78, 5) is 11.5. The fraction of sp³-hybridized carbons (Fsp3) is 0.909. The second-order valence-electron chi connectivity index (χ2n) is 4.48. The average Bonchev–Trinajstić information content (AvgIpc) is 2.39. The molecule has 0 aromatic heterocycles. The van der Waals surface area contributed by atoms with Crippen molar-refractivity contribution in [1.29, 1.82) is 0 Å². The van der Waals surface area contributed by atoms with E-state index in [0.717, 1.165) is 0 Å². The fourth-order valence-electron chi connectivity index (χ4n) is 1.98. The minimum Gasteiger partial charge on any atom is -0.370 e. The zero-order valence-corrected chi connectivity index (χ0v) is 12.1. The lowest BCUT2D eigenvalue weighted by atomic mass is 10.1. The Balaban J connectivity index is 2.28. The molecule has 19 heavy (non-hydrogen) atoms. The third-order valence-electron chi connectivity index (χ3n) is 3.07. The van der Waals surface area contributed by atoms with Crippen molar-refractivity contribution >= 4 is 15.9 Å². The SMILES string of the molecule is CCS(=O)(=O)N1CCC(NC(=O)COCCN)CC1. The number of hydrogen-bond donors (Lipinski definition) is 2. The number of piperidine rings is 1. The molecule has 1 rings (SSSR count). The number of sulfonamides is 1. The van der Waals surface area contributed by atoms with Gasteiger partial charge in [0.15, 0.2) is 0 Å². The van der Waals surface area contributed by atoms with Crippen LogP contribution in [0.1, 0.15) is 19.8 Å². The molecule has 0 aromatic carbocycles. The van der Waals surface area contributed by atoms with E-state index in [2.05, 4.69) is 5.32 Å². The highest BCUT2D eigenvalue weighted by Gasteiger charge is 2.27. The minimum atomic E-state index is -3.11. The summed E-state index contributed by atoms with van der Waals surface area (Å²) >= 11 is 0. The largest absolute Gasteiger partial charge is 0.370 e. The Hall–Kier alpha value is -0.700. The second-order valence-corrected chi connectivity index (χ2v) is 6.74. The minimum absolute atomic E-state index is 0.00464. The van der Waals surface area contributed by atoms with Gasteiger partial charge < -0.3 is 15.8 Å². The van der Waals surface area contributed by atoms with Crippen LogP contribution in [0, 0.1) is 0 Å². The fourth-order valence-corrected chi connectivity index (χ4v) is 3.11. The molecule has 0 aromatic rings. The molecule has 7 nitrogen and oxygen atoms in total. The molecule has 0 saturated carbocycles. The number of nitrogens with zero attached hydrogens (tertiary/aromatic N) is 1. The number of nitrogens with one attached hydrogen (secondary N) is 1. The van der Waals surface area contributed by atoms with Gasteiger partial charge in [-0.1, -0.05) is 0 Å².